The quantitative estimate of drug-likeness (QED) is 0.355. The number of thiazole rings is 1. The molecule has 1 aromatic carbocycles. The van der Waals surface area contributed by atoms with Gasteiger partial charge in [-0.05, 0) is 30.3 Å². The number of aryl methyl sites for hydroxylation is 1. The van der Waals surface area contributed by atoms with Gasteiger partial charge in [-0.15, -0.1) is 11.3 Å². The normalized spacial score (nSPS) is 11.6. The Labute approximate surface area is 164 Å². The molecule has 0 aliphatic rings. The Morgan fingerprint density at radius 2 is 2.00 bits per heavy atom. The lowest BCUT2D eigenvalue weighted by Gasteiger charge is -2.07. The van der Waals surface area contributed by atoms with Crippen molar-refractivity contribution >= 4 is 22.7 Å². The van der Waals surface area contributed by atoms with E-state index in [0.717, 1.165) is 17.1 Å². The Balaban J connectivity index is 1.78. The van der Waals surface area contributed by atoms with Crippen LogP contribution in [0, 0.1) is 10.1 Å². The lowest BCUT2D eigenvalue weighted by molar-refractivity contribution is -0.384. The van der Waals surface area contributed by atoms with Gasteiger partial charge in [-0.25, -0.2) is 4.99 Å². The number of benzene rings is 1. The minimum atomic E-state index is -0.419. The van der Waals surface area contributed by atoms with Crippen molar-refractivity contribution in [3.8, 4) is 11.5 Å². The SMILES string of the molecule is O=[N+]([O-])c1ccccc1N=c1scc(-c2ccco2)n1CCc1ccccn1. The van der Waals surface area contributed by atoms with E-state index in [1.54, 1.807) is 30.7 Å². The molecule has 140 valence electrons. The first-order valence-corrected chi connectivity index (χ1v) is 9.50. The number of nitrogens with zero attached hydrogens (tertiary/aromatic N) is 4. The summed E-state index contributed by atoms with van der Waals surface area (Å²) < 4.78 is 7.57. The van der Waals surface area contributed by atoms with Crippen LogP contribution >= 0.6 is 11.3 Å². The largest absolute Gasteiger partial charge is 0.463 e. The van der Waals surface area contributed by atoms with Crippen LogP contribution in [0.4, 0.5) is 11.4 Å². The van der Waals surface area contributed by atoms with Crippen molar-refractivity contribution in [1.29, 1.82) is 0 Å². The van der Waals surface area contributed by atoms with Crippen LogP contribution in [-0.2, 0) is 13.0 Å². The Bertz CT molecular complexity index is 1150. The molecular formula is C20H16N4O3S. The van der Waals surface area contributed by atoms with Crippen molar-refractivity contribution in [1.82, 2.24) is 9.55 Å². The highest BCUT2D eigenvalue weighted by Crippen LogP contribution is 2.27. The average molecular weight is 392 g/mol. The van der Waals surface area contributed by atoms with Crippen LogP contribution in [0.3, 0.4) is 0 Å². The molecule has 4 rings (SSSR count). The van der Waals surface area contributed by atoms with E-state index in [4.69, 9.17) is 4.42 Å². The van der Waals surface area contributed by atoms with Gasteiger partial charge in [-0.2, -0.15) is 0 Å². The number of nitro groups is 1. The molecule has 0 radical (unpaired) electrons. The Kier molecular flexibility index (Phi) is 5.11. The minimum Gasteiger partial charge on any atom is -0.463 e. The Morgan fingerprint density at radius 3 is 2.75 bits per heavy atom. The molecule has 0 unspecified atom stereocenters. The monoisotopic (exact) mass is 392 g/mol. The number of pyridine rings is 1. The molecular weight excluding hydrogens is 376 g/mol. The van der Waals surface area contributed by atoms with Gasteiger partial charge in [0.05, 0.1) is 16.9 Å². The lowest BCUT2D eigenvalue weighted by atomic mass is 10.2. The summed E-state index contributed by atoms with van der Waals surface area (Å²) in [5.74, 6) is 0.723. The number of nitro benzene ring substituents is 1. The Morgan fingerprint density at radius 1 is 1.14 bits per heavy atom. The molecule has 0 saturated heterocycles. The van der Waals surface area contributed by atoms with Gasteiger partial charge in [0.25, 0.3) is 5.69 Å². The van der Waals surface area contributed by atoms with Crippen LogP contribution < -0.4 is 4.80 Å². The fourth-order valence-corrected chi connectivity index (χ4v) is 3.77. The van der Waals surface area contributed by atoms with Crippen molar-refractivity contribution < 1.29 is 9.34 Å². The summed E-state index contributed by atoms with van der Waals surface area (Å²) in [6.07, 6.45) is 4.09. The van der Waals surface area contributed by atoms with Crippen molar-refractivity contribution in [2.45, 2.75) is 13.0 Å². The Hall–Kier alpha value is -3.52. The molecule has 0 fully saturated rings. The molecule has 7 nitrogen and oxygen atoms in total. The summed E-state index contributed by atoms with van der Waals surface area (Å²) >= 11 is 1.42. The molecule has 0 atom stereocenters. The molecule has 0 saturated carbocycles. The molecule has 0 spiro atoms. The van der Waals surface area contributed by atoms with Crippen LogP contribution in [0.1, 0.15) is 5.69 Å². The van der Waals surface area contributed by atoms with E-state index < -0.39 is 4.92 Å². The third-order valence-electron chi connectivity index (χ3n) is 4.18. The van der Waals surface area contributed by atoms with Crippen molar-refractivity contribution in [3.05, 3.63) is 93.0 Å². The maximum absolute atomic E-state index is 11.3. The van der Waals surface area contributed by atoms with Gasteiger partial charge in [0.15, 0.2) is 10.6 Å². The van der Waals surface area contributed by atoms with E-state index in [9.17, 15) is 10.1 Å². The van der Waals surface area contributed by atoms with Gasteiger partial charge in [-0.3, -0.25) is 15.1 Å². The third-order valence-corrected chi connectivity index (χ3v) is 5.05. The fourth-order valence-electron chi connectivity index (χ4n) is 2.85. The first-order chi connectivity index (χ1) is 13.7. The summed E-state index contributed by atoms with van der Waals surface area (Å²) in [5, 5.41) is 13.3. The zero-order valence-electron chi connectivity index (χ0n) is 14.8. The van der Waals surface area contributed by atoms with Gasteiger partial charge >= 0.3 is 0 Å². The van der Waals surface area contributed by atoms with Crippen molar-refractivity contribution in [2.75, 3.05) is 0 Å². The van der Waals surface area contributed by atoms with E-state index in [2.05, 4.69) is 9.98 Å². The molecule has 8 heteroatoms. The molecule has 0 amide bonds. The molecule has 0 aliphatic carbocycles. The van der Waals surface area contributed by atoms with E-state index in [-0.39, 0.29) is 5.69 Å². The van der Waals surface area contributed by atoms with E-state index >= 15 is 0 Å². The summed E-state index contributed by atoms with van der Waals surface area (Å²) in [7, 11) is 0. The van der Waals surface area contributed by atoms with Gasteiger partial charge in [0.1, 0.15) is 5.69 Å². The topological polar surface area (TPSA) is 86.5 Å². The van der Waals surface area contributed by atoms with Gasteiger partial charge in [0.2, 0.25) is 0 Å². The first kappa shape index (κ1) is 17.9. The second-order valence-electron chi connectivity index (χ2n) is 5.96. The zero-order chi connectivity index (χ0) is 19.3. The van der Waals surface area contributed by atoms with Crippen LogP contribution in [-0.4, -0.2) is 14.5 Å². The molecule has 0 N–H and O–H groups in total. The number of aromatic nitrogens is 2. The number of furan rings is 1. The van der Waals surface area contributed by atoms with Gasteiger partial charge in [-0.1, -0.05) is 18.2 Å². The molecule has 3 heterocycles. The summed E-state index contributed by atoms with van der Waals surface area (Å²) in [6, 6.07) is 16.0. The van der Waals surface area contributed by atoms with Crippen molar-refractivity contribution in [2.24, 2.45) is 4.99 Å². The minimum absolute atomic E-state index is 0.0216. The maximum atomic E-state index is 11.3. The standard InChI is InChI=1S/C20H16N4O3S/c25-24(26)17-8-2-1-7-16(17)22-20-23(12-10-15-6-3-4-11-21-15)18(14-28-20)19-9-5-13-27-19/h1-9,11,13-14H,10,12H2. The fraction of sp³-hybridized carbons (Fsp3) is 0.100. The summed E-state index contributed by atoms with van der Waals surface area (Å²) in [5.41, 5.74) is 2.14. The highest BCUT2D eigenvalue weighted by Gasteiger charge is 2.14. The summed E-state index contributed by atoms with van der Waals surface area (Å²) in [6.45, 7) is 0.621. The highest BCUT2D eigenvalue weighted by atomic mass is 32.1. The predicted molar refractivity (Wildman–Crippen MR) is 106 cm³/mol. The molecule has 28 heavy (non-hydrogen) atoms. The smallest absolute Gasteiger partial charge is 0.294 e. The maximum Gasteiger partial charge on any atom is 0.294 e. The van der Waals surface area contributed by atoms with Crippen LogP contribution in [0.25, 0.3) is 11.5 Å². The van der Waals surface area contributed by atoms with Crippen molar-refractivity contribution in [3.63, 3.8) is 0 Å². The van der Waals surface area contributed by atoms with Crippen LogP contribution in [0.15, 0.2) is 81.8 Å². The van der Waals surface area contributed by atoms with E-state index in [1.165, 1.54) is 17.4 Å². The van der Waals surface area contributed by atoms with E-state index in [0.29, 0.717) is 23.5 Å². The molecule has 0 aliphatic heterocycles. The number of hydrogen-bond donors (Lipinski definition) is 0. The highest BCUT2D eigenvalue weighted by molar-refractivity contribution is 7.07. The predicted octanol–water partition coefficient (Wildman–Crippen LogP) is 4.59. The number of para-hydroxylation sites is 2. The molecule has 0 bridgehead atoms. The third kappa shape index (κ3) is 3.77. The van der Waals surface area contributed by atoms with Crippen LogP contribution in [0.2, 0.25) is 0 Å². The van der Waals surface area contributed by atoms with Crippen LogP contribution in [0.5, 0.6) is 0 Å². The second-order valence-corrected chi connectivity index (χ2v) is 6.80. The lowest BCUT2D eigenvalue weighted by Crippen LogP contribution is -2.17. The van der Waals surface area contributed by atoms with Gasteiger partial charge in [0, 0.05) is 36.3 Å². The van der Waals surface area contributed by atoms with Gasteiger partial charge < -0.3 is 8.98 Å². The molecule has 3 aromatic heterocycles. The average Bonchev–Trinajstić information content (AvgIpc) is 3.37. The number of rotatable bonds is 6. The zero-order valence-corrected chi connectivity index (χ0v) is 15.6. The second kappa shape index (κ2) is 8.01. The summed E-state index contributed by atoms with van der Waals surface area (Å²) in [4.78, 5) is 20.5. The number of hydrogen-bond acceptors (Lipinski definition) is 6. The first-order valence-electron chi connectivity index (χ1n) is 8.62. The molecule has 4 aromatic rings. The van der Waals surface area contributed by atoms with E-state index in [1.807, 2.05) is 40.3 Å².